The Morgan fingerprint density at radius 1 is 1.11 bits per heavy atom. The first-order valence-electron chi connectivity index (χ1n) is 6.68. The van der Waals surface area contributed by atoms with Crippen molar-refractivity contribution in [2.24, 2.45) is 0 Å². The highest BCUT2D eigenvalue weighted by molar-refractivity contribution is 7.93. The van der Waals surface area contributed by atoms with Gasteiger partial charge in [0.2, 0.25) is 0 Å². The van der Waals surface area contributed by atoms with E-state index in [0.29, 0.717) is 0 Å². The summed E-state index contributed by atoms with van der Waals surface area (Å²) in [5.74, 6) is -1.27. The second kappa shape index (κ2) is 7.31. The molecule has 0 spiro atoms. The SMILES string of the molecule is N#Cc1cc(F)cc(Oc2ccc(NS(=O)(=O)C(F)(F)F)c(Cl)c2C#N)c1. The zero-order valence-corrected chi connectivity index (χ0v) is 14.4. The van der Waals surface area contributed by atoms with Crippen molar-refractivity contribution in [1.29, 1.82) is 10.5 Å². The van der Waals surface area contributed by atoms with Gasteiger partial charge in [0.05, 0.1) is 22.3 Å². The molecule has 0 fully saturated rings. The fraction of sp³-hybridized carbons (Fsp3) is 0.0667. The summed E-state index contributed by atoms with van der Waals surface area (Å²) >= 11 is 5.80. The molecule has 0 radical (unpaired) electrons. The molecule has 140 valence electrons. The van der Waals surface area contributed by atoms with Crippen LogP contribution in [0.4, 0.5) is 23.2 Å². The number of sulfonamides is 1. The Morgan fingerprint density at radius 2 is 1.78 bits per heavy atom. The van der Waals surface area contributed by atoms with Crippen LogP contribution in [0.5, 0.6) is 11.5 Å². The van der Waals surface area contributed by atoms with Crippen molar-refractivity contribution >= 4 is 27.3 Å². The van der Waals surface area contributed by atoms with Crippen LogP contribution >= 0.6 is 11.6 Å². The second-order valence-electron chi connectivity index (χ2n) is 4.85. The van der Waals surface area contributed by atoms with Crippen LogP contribution in [-0.4, -0.2) is 13.9 Å². The van der Waals surface area contributed by atoms with Gasteiger partial charge in [-0.05, 0) is 24.3 Å². The Labute approximate surface area is 155 Å². The van der Waals surface area contributed by atoms with E-state index >= 15 is 0 Å². The van der Waals surface area contributed by atoms with E-state index in [1.54, 1.807) is 12.1 Å². The molecule has 0 saturated carbocycles. The monoisotopic (exact) mass is 419 g/mol. The van der Waals surface area contributed by atoms with Gasteiger partial charge >= 0.3 is 15.5 Å². The Hall–Kier alpha value is -3.02. The van der Waals surface area contributed by atoms with E-state index in [1.165, 1.54) is 4.72 Å². The number of alkyl halides is 3. The molecule has 0 saturated heterocycles. The van der Waals surface area contributed by atoms with E-state index in [-0.39, 0.29) is 17.1 Å². The molecule has 1 N–H and O–H groups in total. The lowest BCUT2D eigenvalue weighted by molar-refractivity contribution is -0.0429. The lowest BCUT2D eigenvalue weighted by atomic mass is 10.2. The fourth-order valence-electron chi connectivity index (χ4n) is 1.84. The molecule has 0 amide bonds. The maximum absolute atomic E-state index is 13.4. The summed E-state index contributed by atoms with van der Waals surface area (Å²) in [6.45, 7) is 0. The van der Waals surface area contributed by atoms with Gasteiger partial charge in [0, 0.05) is 6.07 Å². The normalized spacial score (nSPS) is 11.4. The van der Waals surface area contributed by atoms with Crippen LogP contribution in [0.15, 0.2) is 30.3 Å². The van der Waals surface area contributed by atoms with Gasteiger partial charge in [0.1, 0.15) is 28.9 Å². The molecule has 0 unspecified atom stereocenters. The zero-order valence-electron chi connectivity index (χ0n) is 12.8. The smallest absolute Gasteiger partial charge is 0.456 e. The van der Waals surface area contributed by atoms with Crippen LogP contribution in [-0.2, 0) is 10.0 Å². The minimum absolute atomic E-state index is 0.0795. The summed E-state index contributed by atoms with van der Waals surface area (Å²) < 4.78 is 79.7. The first-order valence-corrected chi connectivity index (χ1v) is 8.55. The Morgan fingerprint density at radius 3 is 2.33 bits per heavy atom. The number of halogens is 5. The topological polar surface area (TPSA) is 103 Å². The van der Waals surface area contributed by atoms with Crippen LogP contribution in [0, 0.1) is 28.5 Å². The molecule has 2 aromatic rings. The van der Waals surface area contributed by atoms with Crippen LogP contribution in [0.3, 0.4) is 0 Å². The number of rotatable bonds is 4. The van der Waals surface area contributed by atoms with Gasteiger partial charge in [-0.2, -0.15) is 32.1 Å². The largest absolute Gasteiger partial charge is 0.516 e. The Bertz CT molecular complexity index is 1090. The van der Waals surface area contributed by atoms with Gasteiger partial charge in [0.15, 0.2) is 0 Å². The number of hydrogen-bond donors (Lipinski definition) is 1. The third kappa shape index (κ3) is 4.39. The van der Waals surface area contributed by atoms with Crippen molar-refractivity contribution < 1.29 is 30.7 Å². The Balaban J connectivity index is 2.45. The van der Waals surface area contributed by atoms with Crippen LogP contribution in [0.2, 0.25) is 5.02 Å². The van der Waals surface area contributed by atoms with E-state index in [0.717, 1.165) is 30.3 Å². The summed E-state index contributed by atoms with van der Waals surface area (Å²) in [6.07, 6.45) is 0. The molecule has 2 aromatic carbocycles. The molecule has 0 aromatic heterocycles. The van der Waals surface area contributed by atoms with Gasteiger partial charge in [-0.1, -0.05) is 11.6 Å². The summed E-state index contributed by atoms with van der Waals surface area (Å²) in [7, 11) is -5.75. The van der Waals surface area contributed by atoms with Crippen molar-refractivity contribution in [1.82, 2.24) is 0 Å². The number of nitrogens with one attached hydrogen (secondary N) is 1. The first-order chi connectivity index (χ1) is 12.5. The standard InChI is InChI=1S/C15H6ClF4N3O3S/c16-14-11(7-22)13(26-10-4-8(6-21)3-9(17)5-10)2-1-12(14)23-27(24,25)15(18,19)20/h1-5,23H. The van der Waals surface area contributed by atoms with Gasteiger partial charge in [-0.3, -0.25) is 4.72 Å². The molecule has 27 heavy (non-hydrogen) atoms. The van der Waals surface area contributed by atoms with E-state index in [4.69, 9.17) is 21.6 Å². The third-order valence-electron chi connectivity index (χ3n) is 2.99. The summed E-state index contributed by atoms with van der Waals surface area (Å²) in [5, 5.41) is 17.3. The fourth-order valence-corrected chi connectivity index (χ4v) is 2.72. The summed E-state index contributed by atoms with van der Waals surface area (Å²) in [5.41, 5.74) is -6.87. The first kappa shape index (κ1) is 20.3. The molecular weight excluding hydrogens is 414 g/mol. The molecule has 6 nitrogen and oxygen atoms in total. The number of hydrogen-bond acceptors (Lipinski definition) is 5. The van der Waals surface area contributed by atoms with Crippen LogP contribution < -0.4 is 9.46 Å². The zero-order chi connectivity index (χ0) is 20.4. The molecule has 0 aliphatic heterocycles. The van der Waals surface area contributed by atoms with Crippen molar-refractivity contribution in [2.45, 2.75) is 5.51 Å². The average Bonchev–Trinajstić information content (AvgIpc) is 2.56. The van der Waals surface area contributed by atoms with Crippen molar-refractivity contribution in [3.8, 4) is 23.6 Å². The number of benzene rings is 2. The van der Waals surface area contributed by atoms with E-state index in [9.17, 15) is 31.2 Å². The molecule has 0 atom stereocenters. The highest BCUT2D eigenvalue weighted by Gasteiger charge is 2.46. The third-order valence-corrected chi connectivity index (χ3v) is 4.48. The summed E-state index contributed by atoms with van der Waals surface area (Å²) in [6, 6.07) is 8.04. The highest BCUT2D eigenvalue weighted by atomic mass is 35.5. The number of nitriles is 2. The second-order valence-corrected chi connectivity index (χ2v) is 6.90. The van der Waals surface area contributed by atoms with Crippen molar-refractivity contribution in [3.63, 3.8) is 0 Å². The predicted molar refractivity (Wildman–Crippen MR) is 86.0 cm³/mol. The van der Waals surface area contributed by atoms with Crippen molar-refractivity contribution in [3.05, 3.63) is 52.3 Å². The molecular formula is C15H6ClF4N3O3S. The maximum Gasteiger partial charge on any atom is 0.516 e. The van der Waals surface area contributed by atoms with Gasteiger partial charge in [-0.15, -0.1) is 0 Å². The van der Waals surface area contributed by atoms with Gasteiger partial charge < -0.3 is 4.74 Å². The molecule has 0 bridgehead atoms. The van der Waals surface area contributed by atoms with E-state index < -0.39 is 37.6 Å². The number of nitrogens with zero attached hydrogens (tertiary/aromatic N) is 2. The van der Waals surface area contributed by atoms with Crippen molar-refractivity contribution in [2.75, 3.05) is 4.72 Å². The lowest BCUT2D eigenvalue weighted by Gasteiger charge is -2.14. The summed E-state index contributed by atoms with van der Waals surface area (Å²) in [4.78, 5) is 0. The van der Waals surface area contributed by atoms with Crippen LogP contribution in [0.25, 0.3) is 0 Å². The Kier molecular flexibility index (Phi) is 5.49. The minimum atomic E-state index is -5.75. The van der Waals surface area contributed by atoms with Gasteiger partial charge in [0.25, 0.3) is 0 Å². The molecule has 2 rings (SSSR count). The lowest BCUT2D eigenvalue weighted by Crippen LogP contribution is -2.30. The quantitative estimate of drug-likeness (QED) is 0.745. The molecule has 0 aliphatic carbocycles. The predicted octanol–water partition coefficient (Wildman–Crippen LogP) is 4.28. The minimum Gasteiger partial charge on any atom is -0.456 e. The van der Waals surface area contributed by atoms with Gasteiger partial charge in [-0.25, -0.2) is 4.39 Å². The molecule has 0 heterocycles. The number of ether oxygens (including phenoxy) is 1. The average molecular weight is 420 g/mol. The van der Waals surface area contributed by atoms with E-state index in [2.05, 4.69) is 0 Å². The molecule has 0 aliphatic rings. The number of anilines is 1. The highest BCUT2D eigenvalue weighted by Crippen LogP contribution is 2.37. The maximum atomic E-state index is 13.4. The van der Waals surface area contributed by atoms with Crippen LogP contribution in [0.1, 0.15) is 11.1 Å². The molecule has 12 heteroatoms. The van der Waals surface area contributed by atoms with E-state index in [1.807, 2.05) is 0 Å².